The monoisotopic (exact) mass is 214 g/mol. The van der Waals surface area contributed by atoms with E-state index in [9.17, 15) is 0 Å². The van der Waals surface area contributed by atoms with Crippen molar-refractivity contribution in [2.45, 2.75) is 40.0 Å². The molecular formula is C16H22. The minimum absolute atomic E-state index is 0.666. The molecule has 0 nitrogen and oxygen atoms in total. The van der Waals surface area contributed by atoms with Crippen LogP contribution < -0.4 is 0 Å². The Balaban J connectivity index is 0.000000606. The number of hydrogen-bond donors (Lipinski definition) is 0. The Labute approximate surface area is 99.3 Å². The molecule has 0 radical (unpaired) electrons. The Hall–Kier alpha value is -1.30. The van der Waals surface area contributed by atoms with Crippen LogP contribution >= 0.6 is 0 Å². The van der Waals surface area contributed by atoms with Crippen molar-refractivity contribution in [3.8, 4) is 0 Å². The molecule has 0 saturated heterocycles. The van der Waals surface area contributed by atoms with E-state index in [-0.39, 0.29) is 0 Å². The first kappa shape index (κ1) is 12.8. The van der Waals surface area contributed by atoms with Crippen LogP contribution in [-0.2, 0) is 0 Å². The van der Waals surface area contributed by atoms with Crippen molar-refractivity contribution >= 4 is 10.8 Å². The van der Waals surface area contributed by atoms with Gasteiger partial charge in [-0.15, -0.1) is 0 Å². The maximum Gasteiger partial charge on any atom is -0.0181 e. The van der Waals surface area contributed by atoms with E-state index in [0.29, 0.717) is 5.92 Å². The molecule has 0 aromatic heterocycles. The third-order valence-electron chi connectivity index (χ3n) is 2.95. The normalized spacial score (nSPS) is 11.8. The number of rotatable bonds is 2. The van der Waals surface area contributed by atoms with Gasteiger partial charge < -0.3 is 0 Å². The molecule has 0 aliphatic rings. The molecule has 2 aromatic carbocycles. The van der Waals surface area contributed by atoms with Crippen LogP contribution in [0, 0.1) is 0 Å². The van der Waals surface area contributed by atoms with E-state index in [4.69, 9.17) is 0 Å². The minimum Gasteiger partial charge on any atom is -0.0683 e. The molecule has 0 amide bonds. The standard InChI is InChI=1S/C14H16.C2H6/c1-3-11(2)13-9-8-12-6-4-5-7-14(12)10-13;1-2/h4-11H,3H2,1-2H3;1-2H3. The third-order valence-corrected chi connectivity index (χ3v) is 2.95. The fourth-order valence-electron chi connectivity index (χ4n) is 1.75. The maximum absolute atomic E-state index is 2.31. The molecule has 0 N–H and O–H groups in total. The zero-order valence-electron chi connectivity index (χ0n) is 10.8. The van der Waals surface area contributed by atoms with Gasteiger partial charge in [0.2, 0.25) is 0 Å². The Kier molecular flexibility index (Phi) is 5.04. The molecule has 0 heterocycles. The van der Waals surface area contributed by atoms with E-state index in [0.717, 1.165) is 0 Å². The second kappa shape index (κ2) is 6.32. The predicted molar refractivity (Wildman–Crippen MR) is 74.0 cm³/mol. The number of hydrogen-bond acceptors (Lipinski definition) is 0. The van der Waals surface area contributed by atoms with E-state index in [1.165, 1.54) is 22.8 Å². The first-order chi connectivity index (χ1) is 7.81. The highest BCUT2D eigenvalue weighted by molar-refractivity contribution is 5.83. The van der Waals surface area contributed by atoms with Crippen LogP contribution in [0.5, 0.6) is 0 Å². The van der Waals surface area contributed by atoms with E-state index in [2.05, 4.69) is 56.3 Å². The average Bonchev–Trinajstić information content (AvgIpc) is 2.39. The van der Waals surface area contributed by atoms with Crippen LogP contribution in [0.4, 0.5) is 0 Å². The molecule has 0 aliphatic carbocycles. The van der Waals surface area contributed by atoms with Crippen LogP contribution in [0.25, 0.3) is 10.8 Å². The molecule has 1 atom stereocenters. The molecule has 16 heavy (non-hydrogen) atoms. The van der Waals surface area contributed by atoms with Gasteiger partial charge in [0, 0.05) is 0 Å². The van der Waals surface area contributed by atoms with Gasteiger partial charge in [-0.1, -0.05) is 70.2 Å². The van der Waals surface area contributed by atoms with Crippen molar-refractivity contribution in [1.82, 2.24) is 0 Å². The van der Waals surface area contributed by atoms with Gasteiger partial charge in [0.05, 0.1) is 0 Å². The lowest BCUT2D eigenvalue weighted by molar-refractivity contribution is 0.735. The average molecular weight is 214 g/mol. The molecule has 0 spiro atoms. The summed E-state index contributed by atoms with van der Waals surface area (Å²) in [6.07, 6.45) is 1.21. The van der Waals surface area contributed by atoms with Crippen molar-refractivity contribution in [2.24, 2.45) is 0 Å². The van der Waals surface area contributed by atoms with E-state index in [1.54, 1.807) is 0 Å². The van der Waals surface area contributed by atoms with Crippen LogP contribution in [0.2, 0.25) is 0 Å². The largest absolute Gasteiger partial charge is 0.0683 e. The van der Waals surface area contributed by atoms with Gasteiger partial charge in [0.1, 0.15) is 0 Å². The molecular weight excluding hydrogens is 192 g/mol. The predicted octanol–water partition coefficient (Wildman–Crippen LogP) is 5.38. The Bertz CT molecular complexity index is 429. The third kappa shape index (κ3) is 2.85. The molecule has 1 unspecified atom stereocenters. The number of benzene rings is 2. The van der Waals surface area contributed by atoms with Gasteiger partial charge in [-0.25, -0.2) is 0 Å². The lowest BCUT2D eigenvalue weighted by atomic mass is 9.96. The van der Waals surface area contributed by atoms with E-state index < -0.39 is 0 Å². The summed E-state index contributed by atoms with van der Waals surface area (Å²) >= 11 is 0. The zero-order chi connectivity index (χ0) is 12.0. The summed E-state index contributed by atoms with van der Waals surface area (Å²) < 4.78 is 0. The lowest BCUT2D eigenvalue weighted by Crippen LogP contribution is -1.90. The van der Waals surface area contributed by atoms with Crippen LogP contribution in [0.1, 0.15) is 45.6 Å². The molecule has 0 heteroatoms. The van der Waals surface area contributed by atoms with Crippen molar-refractivity contribution in [1.29, 1.82) is 0 Å². The summed E-state index contributed by atoms with van der Waals surface area (Å²) in [7, 11) is 0. The molecule has 0 bridgehead atoms. The highest BCUT2D eigenvalue weighted by Crippen LogP contribution is 2.23. The number of fused-ring (bicyclic) bond motifs is 1. The summed E-state index contributed by atoms with van der Waals surface area (Å²) in [6, 6.07) is 15.3. The summed E-state index contributed by atoms with van der Waals surface area (Å²) in [5.74, 6) is 0.666. The van der Waals surface area contributed by atoms with Crippen molar-refractivity contribution in [3.05, 3.63) is 48.0 Å². The van der Waals surface area contributed by atoms with Gasteiger partial charge in [0.25, 0.3) is 0 Å². The van der Waals surface area contributed by atoms with Crippen LogP contribution in [0.15, 0.2) is 42.5 Å². The van der Waals surface area contributed by atoms with Gasteiger partial charge in [-0.05, 0) is 28.7 Å². The van der Waals surface area contributed by atoms with Gasteiger partial charge >= 0.3 is 0 Å². The molecule has 0 aliphatic heterocycles. The van der Waals surface area contributed by atoms with Crippen molar-refractivity contribution in [3.63, 3.8) is 0 Å². The summed E-state index contributed by atoms with van der Waals surface area (Å²) in [5.41, 5.74) is 1.45. The highest BCUT2D eigenvalue weighted by Gasteiger charge is 2.02. The Morgan fingerprint density at radius 1 is 0.938 bits per heavy atom. The molecule has 0 fully saturated rings. The van der Waals surface area contributed by atoms with E-state index >= 15 is 0 Å². The molecule has 0 saturated carbocycles. The zero-order valence-corrected chi connectivity index (χ0v) is 10.8. The van der Waals surface area contributed by atoms with E-state index in [1.807, 2.05) is 13.8 Å². The summed E-state index contributed by atoms with van der Waals surface area (Å²) in [6.45, 7) is 8.52. The van der Waals surface area contributed by atoms with Crippen molar-refractivity contribution < 1.29 is 0 Å². The SMILES string of the molecule is CC.CCC(C)c1ccc2ccccc2c1. The smallest absolute Gasteiger partial charge is 0.0181 e. The minimum atomic E-state index is 0.666. The Morgan fingerprint density at radius 2 is 1.56 bits per heavy atom. The quantitative estimate of drug-likeness (QED) is 0.629. The second-order valence-electron chi connectivity index (χ2n) is 3.92. The summed E-state index contributed by atoms with van der Waals surface area (Å²) in [4.78, 5) is 0. The topological polar surface area (TPSA) is 0 Å². The first-order valence-corrected chi connectivity index (χ1v) is 6.30. The lowest BCUT2D eigenvalue weighted by Gasteiger charge is -2.09. The van der Waals surface area contributed by atoms with Crippen molar-refractivity contribution in [2.75, 3.05) is 0 Å². The van der Waals surface area contributed by atoms with Crippen LogP contribution in [-0.4, -0.2) is 0 Å². The van der Waals surface area contributed by atoms with Gasteiger partial charge in [0.15, 0.2) is 0 Å². The molecule has 2 aromatic rings. The Morgan fingerprint density at radius 3 is 2.19 bits per heavy atom. The first-order valence-electron chi connectivity index (χ1n) is 6.30. The van der Waals surface area contributed by atoms with Gasteiger partial charge in [-0.2, -0.15) is 0 Å². The highest BCUT2D eigenvalue weighted by atomic mass is 14.1. The molecule has 2 rings (SSSR count). The maximum atomic E-state index is 2.31. The molecule has 86 valence electrons. The second-order valence-corrected chi connectivity index (χ2v) is 3.92. The fraction of sp³-hybridized carbons (Fsp3) is 0.375. The fourth-order valence-corrected chi connectivity index (χ4v) is 1.75. The van der Waals surface area contributed by atoms with Gasteiger partial charge in [-0.3, -0.25) is 0 Å². The van der Waals surface area contributed by atoms with Crippen LogP contribution in [0.3, 0.4) is 0 Å². The summed E-state index contributed by atoms with van der Waals surface area (Å²) in [5, 5.41) is 2.69.